The fourth-order valence-corrected chi connectivity index (χ4v) is 13.4. The van der Waals surface area contributed by atoms with Crippen LogP contribution in [0.4, 0.5) is 17.1 Å². The summed E-state index contributed by atoms with van der Waals surface area (Å²) < 4.78 is 2.64. The Morgan fingerprint density at radius 1 is 0.333 bits per heavy atom. The summed E-state index contributed by atoms with van der Waals surface area (Å²) in [5.41, 5.74) is 23.7. The van der Waals surface area contributed by atoms with Crippen molar-refractivity contribution in [1.29, 1.82) is 0 Å². The van der Waals surface area contributed by atoms with Crippen LogP contribution in [0.5, 0.6) is 0 Å². The van der Waals surface area contributed by atoms with Gasteiger partial charge in [0.15, 0.2) is 0 Å². The zero-order valence-corrected chi connectivity index (χ0v) is 37.5. The lowest BCUT2D eigenvalue weighted by atomic mass is 9.70. The number of nitrogens with zero attached hydrogens (tertiary/aromatic N) is 1. The van der Waals surface area contributed by atoms with Gasteiger partial charge in [-0.2, -0.15) is 0 Å². The molecule has 1 aromatic heterocycles. The molecule has 0 saturated heterocycles. The average molecular weight is 858 g/mol. The summed E-state index contributed by atoms with van der Waals surface area (Å²) in [6, 6.07) is 84.5. The van der Waals surface area contributed by atoms with Crippen molar-refractivity contribution in [2.45, 2.75) is 24.7 Å². The Morgan fingerprint density at radius 2 is 0.833 bits per heavy atom. The number of benzene rings is 10. The smallest absolute Gasteiger partial charge is 0.0727 e. The third kappa shape index (κ3) is 5.05. The van der Waals surface area contributed by atoms with Gasteiger partial charge >= 0.3 is 0 Å². The summed E-state index contributed by atoms with van der Waals surface area (Å²) in [6.07, 6.45) is 0. The van der Waals surface area contributed by atoms with Crippen molar-refractivity contribution in [1.82, 2.24) is 0 Å². The minimum absolute atomic E-state index is 0.142. The van der Waals surface area contributed by atoms with Gasteiger partial charge in [-0.15, -0.1) is 11.3 Å². The number of rotatable bonds is 5. The van der Waals surface area contributed by atoms with Gasteiger partial charge in [-0.05, 0) is 138 Å². The van der Waals surface area contributed by atoms with Crippen LogP contribution in [0, 0.1) is 0 Å². The minimum atomic E-state index is -0.549. The third-order valence-corrected chi connectivity index (χ3v) is 16.2. The molecule has 14 rings (SSSR count). The Balaban J connectivity index is 1.07. The number of hydrogen-bond acceptors (Lipinski definition) is 2. The van der Waals surface area contributed by atoms with E-state index >= 15 is 0 Å². The van der Waals surface area contributed by atoms with Gasteiger partial charge in [0.2, 0.25) is 0 Å². The van der Waals surface area contributed by atoms with E-state index < -0.39 is 5.41 Å². The quantitative estimate of drug-likeness (QED) is 0.167. The predicted molar refractivity (Wildman–Crippen MR) is 279 cm³/mol. The first-order chi connectivity index (χ1) is 32.5. The molecule has 0 N–H and O–H groups in total. The van der Waals surface area contributed by atoms with Crippen molar-refractivity contribution in [3.05, 3.63) is 258 Å². The molecule has 2 heteroatoms. The predicted octanol–water partition coefficient (Wildman–Crippen LogP) is 17.5. The van der Waals surface area contributed by atoms with E-state index in [1.807, 2.05) is 11.3 Å². The van der Waals surface area contributed by atoms with Crippen LogP contribution in [-0.4, -0.2) is 0 Å². The van der Waals surface area contributed by atoms with Crippen LogP contribution in [0.15, 0.2) is 224 Å². The maximum atomic E-state index is 2.57. The van der Waals surface area contributed by atoms with Crippen molar-refractivity contribution in [3.63, 3.8) is 0 Å². The Labute approximate surface area is 389 Å². The van der Waals surface area contributed by atoms with Gasteiger partial charge in [-0.25, -0.2) is 0 Å². The van der Waals surface area contributed by atoms with E-state index in [1.165, 1.54) is 109 Å². The Hall–Kier alpha value is -7.78. The molecular formula is C64H43NS. The summed E-state index contributed by atoms with van der Waals surface area (Å²) >= 11 is 1.92. The first-order valence-electron chi connectivity index (χ1n) is 23.1. The second-order valence-corrected chi connectivity index (χ2v) is 19.8. The van der Waals surface area contributed by atoms with E-state index in [0.29, 0.717) is 0 Å². The monoisotopic (exact) mass is 857 g/mol. The van der Waals surface area contributed by atoms with Crippen LogP contribution in [0.25, 0.3) is 75.8 Å². The molecule has 1 nitrogen and oxygen atoms in total. The number of anilines is 3. The van der Waals surface area contributed by atoms with E-state index in [2.05, 4.69) is 243 Å². The van der Waals surface area contributed by atoms with Gasteiger partial charge in [0.1, 0.15) is 0 Å². The number of fused-ring (bicyclic) bond motifs is 16. The molecule has 0 amide bonds. The molecule has 0 saturated carbocycles. The molecule has 0 radical (unpaired) electrons. The Kier molecular flexibility index (Phi) is 7.89. The van der Waals surface area contributed by atoms with Gasteiger partial charge in [0.25, 0.3) is 0 Å². The zero-order valence-electron chi connectivity index (χ0n) is 36.7. The van der Waals surface area contributed by atoms with E-state index in [4.69, 9.17) is 0 Å². The van der Waals surface area contributed by atoms with Crippen molar-refractivity contribution in [2.75, 3.05) is 4.90 Å². The summed E-state index contributed by atoms with van der Waals surface area (Å²) in [5, 5.41) is 2.66. The number of hydrogen-bond donors (Lipinski definition) is 0. The first-order valence-corrected chi connectivity index (χ1v) is 23.9. The van der Waals surface area contributed by atoms with Crippen molar-refractivity contribution in [2.24, 2.45) is 0 Å². The molecule has 1 heterocycles. The molecule has 10 aromatic carbocycles. The van der Waals surface area contributed by atoms with Gasteiger partial charge in [0.05, 0.1) is 5.41 Å². The third-order valence-electron chi connectivity index (χ3n) is 15.1. The molecule has 11 aromatic rings. The molecule has 3 aliphatic carbocycles. The lowest BCUT2D eigenvalue weighted by Gasteiger charge is -2.32. The highest BCUT2D eigenvalue weighted by atomic mass is 32.1. The van der Waals surface area contributed by atoms with Crippen LogP contribution in [0.3, 0.4) is 0 Å². The van der Waals surface area contributed by atoms with Crippen molar-refractivity contribution >= 4 is 48.6 Å². The molecule has 0 bridgehead atoms. The second kappa shape index (κ2) is 13.9. The number of thiophene rings is 1. The fourth-order valence-electron chi connectivity index (χ4n) is 12.2. The topological polar surface area (TPSA) is 3.24 Å². The lowest BCUT2D eigenvalue weighted by molar-refractivity contribution is 0.660. The van der Waals surface area contributed by atoms with Gasteiger partial charge in [-0.1, -0.05) is 190 Å². The summed E-state index contributed by atoms with van der Waals surface area (Å²) in [4.78, 5) is 2.50. The Morgan fingerprint density at radius 3 is 1.52 bits per heavy atom. The second-order valence-electron chi connectivity index (χ2n) is 18.7. The van der Waals surface area contributed by atoms with Gasteiger partial charge < -0.3 is 4.90 Å². The first kappa shape index (κ1) is 37.6. The van der Waals surface area contributed by atoms with E-state index in [-0.39, 0.29) is 5.41 Å². The normalized spacial score (nSPS) is 14.2. The van der Waals surface area contributed by atoms with Crippen molar-refractivity contribution in [3.8, 4) is 55.6 Å². The van der Waals surface area contributed by atoms with Crippen molar-refractivity contribution < 1.29 is 0 Å². The summed E-state index contributed by atoms with van der Waals surface area (Å²) in [6.45, 7) is 4.76. The average Bonchev–Trinajstić information content (AvgIpc) is 4.06. The van der Waals surface area contributed by atoms with Gasteiger partial charge in [0, 0.05) is 42.6 Å². The van der Waals surface area contributed by atoms with E-state index in [9.17, 15) is 0 Å². The minimum Gasteiger partial charge on any atom is -0.310 e. The lowest BCUT2D eigenvalue weighted by Crippen LogP contribution is -2.26. The highest BCUT2D eigenvalue weighted by Crippen LogP contribution is 2.66. The van der Waals surface area contributed by atoms with E-state index in [0.717, 1.165) is 17.1 Å². The largest absolute Gasteiger partial charge is 0.310 e. The molecule has 66 heavy (non-hydrogen) atoms. The summed E-state index contributed by atoms with van der Waals surface area (Å²) in [7, 11) is 0. The van der Waals surface area contributed by atoms with E-state index in [1.54, 1.807) is 0 Å². The molecule has 0 fully saturated rings. The summed E-state index contributed by atoms with van der Waals surface area (Å²) in [5.74, 6) is 0. The highest BCUT2D eigenvalue weighted by molar-refractivity contribution is 7.26. The van der Waals surface area contributed by atoms with Gasteiger partial charge in [-0.3, -0.25) is 0 Å². The zero-order chi connectivity index (χ0) is 43.7. The molecule has 0 unspecified atom stereocenters. The maximum absolute atomic E-state index is 2.57. The molecule has 0 aliphatic heterocycles. The highest BCUT2D eigenvalue weighted by Gasteiger charge is 2.53. The van der Waals surface area contributed by atoms with Crippen LogP contribution >= 0.6 is 11.3 Å². The molecule has 1 spiro atoms. The maximum Gasteiger partial charge on any atom is 0.0727 e. The molecule has 310 valence electrons. The Bertz CT molecular complexity index is 3740. The molecular weight excluding hydrogens is 815 g/mol. The van der Waals surface area contributed by atoms with Crippen LogP contribution in [0.1, 0.15) is 47.2 Å². The van der Waals surface area contributed by atoms with Crippen LogP contribution < -0.4 is 4.90 Å². The fraction of sp³-hybridized carbons (Fsp3) is 0.0625. The van der Waals surface area contributed by atoms with Crippen LogP contribution in [0.2, 0.25) is 0 Å². The SMILES string of the molecule is CC1(C)c2ccccc2-c2ccc(N(c3ccc(-c4ccccc4)cc3)c3ccc4c(c3)C3(c5ccccc5-c5ccccc53)c3cc5sc6ccccc6c5c(-c5ccccc5)c3-4)cc21. The van der Waals surface area contributed by atoms with Crippen LogP contribution in [-0.2, 0) is 10.8 Å². The molecule has 3 aliphatic rings. The standard InChI is InChI=1S/C64H43NS/c1-63(2)52-25-13-9-21-46(52)49-35-33-44(37-55(49)63)65(43-31-29-41(30-32-43)40-17-5-3-6-18-40)45-34-36-50-56(38-45)64(53-26-14-10-22-47(53)48-23-11-15-27-54(48)64)57-39-59-62(51-24-12-16-28-58(51)66-59)60(61(50)57)42-19-7-4-8-20-42/h3-39H,1-2H3. The molecule has 0 atom stereocenters.